The van der Waals surface area contributed by atoms with Crippen molar-refractivity contribution in [3.05, 3.63) is 41.0 Å². The lowest BCUT2D eigenvalue weighted by Gasteiger charge is -2.36. The number of carboxylic acid groups (broad SMARTS) is 1. The van der Waals surface area contributed by atoms with Crippen LogP contribution in [0.5, 0.6) is 0 Å². The van der Waals surface area contributed by atoms with Crippen LogP contribution in [0, 0.1) is 0 Å². The first-order valence-corrected chi connectivity index (χ1v) is 8.20. The third-order valence-corrected chi connectivity index (χ3v) is 5.25. The highest BCUT2D eigenvalue weighted by molar-refractivity contribution is 6.29. The predicted molar refractivity (Wildman–Crippen MR) is 92.8 cm³/mol. The molecule has 0 aliphatic carbocycles. The Bertz CT molecular complexity index is 977. The number of hydrogen-bond donors (Lipinski definition) is 2. The average Bonchev–Trinajstić information content (AvgIpc) is 2.93. The summed E-state index contributed by atoms with van der Waals surface area (Å²) in [7, 11) is 0. The molecule has 6 heteroatoms. The molecule has 0 bridgehead atoms. The minimum atomic E-state index is -0.957. The average molecular weight is 338 g/mol. The lowest BCUT2D eigenvalue weighted by atomic mass is 9.88. The zero-order valence-corrected chi connectivity index (χ0v) is 14.2. The molecular weight excluding hydrogens is 320 g/mol. The summed E-state index contributed by atoms with van der Waals surface area (Å²) in [4.78, 5) is 38.4. The van der Waals surface area contributed by atoms with Gasteiger partial charge in [-0.05, 0) is 43.9 Å². The number of hydrogen-bond acceptors (Lipinski definition) is 3. The van der Waals surface area contributed by atoms with E-state index < -0.39 is 17.6 Å². The Kier molecular flexibility index (Phi) is 3.01. The van der Waals surface area contributed by atoms with E-state index in [1.54, 1.807) is 11.8 Å². The molecule has 0 spiro atoms. The Morgan fingerprint density at radius 3 is 2.68 bits per heavy atom. The van der Waals surface area contributed by atoms with Gasteiger partial charge in [0.1, 0.15) is 0 Å². The normalized spacial score (nSPS) is 18.4. The largest absolute Gasteiger partial charge is 0.481 e. The Morgan fingerprint density at radius 1 is 1.28 bits per heavy atom. The molecule has 2 amide bonds. The summed E-state index contributed by atoms with van der Waals surface area (Å²) in [5.74, 6) is -1.51. The van der Waals surface area contributed by atoms with E-state index in [9.17, 15) is 14.4 Å². The first-order chi connectivity index (χ1) is 11.7. The van der Waals surface area contributed by atoms with Crippen molar-refractivity contribution in [2.45, 2.75) is 38.8 Å². The van der Waals surface area contributed by atoms with E-state index >= 15 is 0 Å². The van der Waals surface area contributed by atoms with Crippen molar-refractivity contribution >= 4 is 34.2 Å². The second-order valence-electron chi connectivity index (χ2n) is 7.21. The first-order valence-electron chi connectivity index (χ1n) is 8.20. The summed E-state index contributed by atoms with van der Waals surface area (Å²) < 4.78 is 0. The molecule has 0 aromatic heterocycles. The molecule has 0 fully saturated rings. The molecular formula is C19H18N2O4. The topological polar surface area (TPSA) is 86.7 Å². The molecule has 0 radical (unpaired) electrons. The Balaban J connectivity index is 1.98. The van der Waals surface area contributed by atoms with Crippen LogP contribution in [0.4, 0.5) is 5.69 Å². The van der Waals surface area contributed by atoms with Crippen molar-refractivity contribution in [3.8, 4) is 0 Å². The molecule has 2 aliphatic heterocycles. The fraction of sp³-hybridized carbons (Fsp3) is 0.316. The summed E-state index contributed by atoms with van der Waals surface area (Å²) in [5, 5.41) is 13.6. The van der Waals surface area contributed by atoms with Crippen LogP contribution in [0.15, 0.2) is 24.3 Å². The minimum Gasteiger partial charge on any atom is -0.481 e. The van der Waals surface area contributed by atoms with E-state index in [-0.39, 0.29) is 18.2 Å². The number of carboxylic acids is 1. The number of carbonyl (C=O) groups excluding carboxylic acids is 2. The Labute approximate surface area is 144 Å². The number of fused-ring (bicyclic) bond motifs is 2. The van der Waals surface area contributed by atoms with E-state index in [4.69, 9.17) is 5.11 Å². The van der Waals surface area contributed by atoms with Gasteiger partial charge in [-0.3, -0.25) is 14.4 Å². The van der Waals surface area contributed by atoms with Crippen LogP contribution >= 0.6 is 0 Å². The van der Waals surface area contributed by atoms with Crippen molar-refractivity contribution in [1.29, 1.82) is 0 Å². The monoisotopic (exact) mass is 338 g/mol. The van der Waals surface area contributed by atoms with Gasteiger partial charge in [-0.15, -0.1) is 0 Å². The molecule has 2 aliphatic rings. The van der Waals surface area contributed by atoms with Gasteiger partial charge in [0.25, 0.3) is 11.8 Å². The zero-order valence-electron chi connectivity index (χ0n) is 14.2. The fourth-order valence-electron chi connectivity index (χ4n) is 4.28. The third kappa shape index (κ3) is 1.94. The molecule has 2 heterocycles. The van der Waals surface area contributed by atoms with Crippen molar-refractivity contribution in [2.24, 2.45) is 0 Å². The van der Waals surface area contributed by atoms with Gasteiger partial charge in [0.15, 0.2) is 0 Å². The van der Waals surface area contributed by atoms with Crippen molar-refractivity contribution < 1.29 is 19.5 Å². The fourth-order valence-corrected chi connectivity index (χ4v) is 4.28. The number of rotatable bonds is 3. The SMILES string of the molecule is CC(CC(=O)O)N1C(=O)c2c(cc3cccc4c3c2C(=O)N4)C1(C)C. The molecule has 0 saturated heterocycles. The second-order valence-corrected chi connectivity index (χ2v) is 7.21. The zero-order chi connectivity index (χ0) is 18.1. The van der Waals surface area contributed by atoms with E-state index in [0.29, 0.717) is 16.8 Å². The van der Waals surface area contributed by atoms with Gasteiger partial charge in [-0.2, -0.15) is 0 Å². The molecule has 25 heavy (non-hydrogen) atoms. The minimum absolute atomic E-state index is 0.143. The van der Waals surface area contributed by atoms with Gasteiger partial charge in [0, 0.05) is 17.1 Å². The van der Waals surface area contributed by atoms with Crippen LogP contribution in [-0.2, 0) is 10.3 Å². The number of anilines is 1. The molecule has 128 valence electrons. The third-order valence-electron chi connectivity index (χ3n) is 5.25. The number of nitrogens with one attached hydrogen (secondary N) is 1. The lowest BCUT2D eigenvalue weighted by Crippen LogP contribution is -2.46. The van der Waals surface area contributed by atoms with E-state index in [1.165, 1.54) is 0 Å². The highest BCUT2D eigenvalue weighted by atomic mass is 16.4. The van der Waals surface area contributed by atoms with E-state index in [0.717, 1.165) is 16.3 Å². The maximum atomic E-state index is 13.2. The maximum absolute atomic E-state index is 13.2. The van der Waals surface area contributed by atoms with Crippen molar-refractivity contribution in [2.75, 3.05) is 5.32 Å². The molecule has 6 nitrogen and oxygen atoms in total. The number of nitrogens with zero attached hydrogens (tertiary/aromatic N) is 1. The molecule has 0 saturated carbocycles. The highest BCUT2D eigenvalue weighted by Crippen LogP contribution is 2.47. The molecule has 2 N–H and O–H groups in total. The van der Waals surface area contributed by atoms with Gasteiger partial charge < -0.3 is 15.3 Å². The van der Waals surface area contributed by atoms with Gasteiger partial charge in [-0.1, -0.05) is 12.1 Å². The van der Waals surface area contributed by atoms with Crippen molar-refractivity contribution in [1.82, 2.24) is 4.90 Å². The predicted octanol–water partition coefficient (Wildman–Crippen LogP) is 2.96. The van der Waals surface area contributed by atoms with Gasteiger partial charge in [-0.25, -0.2) is 0 Å². The molecule has 2 aromatic rings. The Hall–Kier alpha value is -2.89. The van der Waals surface area contributed by atoms with Gasteiger partial charge in [0.2, 0.25) is 0 Å². The van der Waals surface area contributed by atoms with Crippen LogP contribution in [0.25, 0.3) is 10.8 Å². The summed E-state index contributed by atoms with van der Waals surface area (Å²) in [6.07, 6.45) is -0.143. The van der Waals surface area contributed by atoms with E-state index in [2.05, 4.69) is 5.32 Å². The number of aliphatic carboxylic acids is 1. The molecule has 1 unspecified atom stereocenters. The second kappa shape index (κ2) is 4.81. The van der Waals surface area contributed by atoms with Crippen LogP contribution < -0.4 is 5.32 Å². The molecule has 4 rings (SSSR count). The Morgan fingerprint density at radius 2 is 2.00 bits per heavy atom. The maximum Gasteiger partial charge on any atom is 0.305 e. The highest BCUT2D eigenvalue weighted by Gasteiger charge is 2.48. The number of amides is 2. The smallest absolute Gasteiger partial charge is 0.305 e. The number of carbonyl (C=O) groups is 3. The molecule has 1 atom stereocenters. The van der Waals surface area contributed by atoms with Crippen LogP contribution in [0.2, 0.25) is 0 Å². The summed E-state index contributed by atoms with van der Waals surface area (Å²) in [6.45, 7) is 5.51. The summed E-state index contributed by atoms with van der Waals surface area (Å²) >= 11 is 0. The summed E-state index contributed by atoms with van der Waals surface area (Å²) in [6, 6.07) is 7.08. The lowest BCUT2D eigenvalue weighted by molar-refractivity contribution is -0.138. The quantitative estimate of drug-likeness (QED) is 0.901. The van der Waals surface area contributed by atoms with Crippen LogP contribution in [0.1, 0.15) is 53.5 Å². The number of benzene rings is 2. The standard InChI is InChI=1S/C19H18N2O4/c1-9(7-13(22)23)21-18(25)15-11(19(21,2)3)8-10-5-4-6-12-14(10)16(15)17(24)20-12/h4-6,8-9H,7H2,1-3H3,(H,20,24)(H,22,23). The van der Waals surface area contributed by atoms with Crippen molar-refractivity contribution in [3.63, 3.8) is 0 Å². The van der Waals surface area contributed by atoms with Crippen LogP contribution in [0.3, 0.4) is 0 Å². The first kappa shape index (κ1) is 15.6. The van der Waals surface area contributed by atoms with Crippen LogP contribution in [-0.4, -0.2) is 33.8 Å². The summed E-state index contributed by atoms with van der Waals surface area (Å²) in [5.41, 5.74) is 1.60. The molecule has 2 aromatic carbocycles. The van der Waals surface area contributed by atoms with E-state index in [1.807, 2.05) is 38.1 Å². The van der Waals surface area contributed by atoms with Gasteiger partial charge in [0.05, 0.1) is 23.1 Å². The van der Waals surface area contributed by atoms with Gasteiger partial charge >= 0.3 is 5.97 Å².